The number of β-amino-alcohol motifs (C(OH)–C–C–N with tert-alkyl or cyclic N) is 1. The third-order valence-electron chi connectivity index (χ3n) is 4.62. The highest BCUT2D eigenvalue weighted by molar-refractivity contribution is 5.95. The molecule has 4 heteroatoms. The number of hydrogen-bond donors (Lipinski definition) is 2. The molecule has 2 aromatic carbocycles. The molecule has 1 fully saturated rings. The van der Waals surface area contributed by atoms with Gasteiger partial charge >= 0.3 is 0 Å². The summed E-state index contributed by atoms with van der Waals surface area (Å²) in [4.78, 5) is 14.6. The van der Waals surface area contributed by atoms with Crippen LogP contribution in [0.1, 0.15) is 27.9 Å². The molecule has 2 atom stereocenters. The zero-order valence-corrected chi connectivity index (χ0v) is 14.0. The van der Waals surface area contributed by atoms with Crippen LogP contribution >= 0.6 is 0 Å². The summed E-state index contributed by atoms with van der Waals surface area (Å²) in [6, 6.07) is 18.0. The lowest BCUT2D eigenvalue weighted by Crippen LogP contribution is -2.40. The average molecular weight is 324 g/mol. The molecule has 126 valence electrons. The van der Waals surface area contributed by atoms with E-state index in [-0.39, 0.29) is 18.1 Å². The summed E-state index contributed by atoms with van der Waals surface area (Å²) in [5.41, 5.74) is 2.91. The predicted molar refractivity (Wildman–Crippen MR) is 94.8 cm³/mol. The van der Waals surface area contributed by atoms with Gasteiger partial charge in [0.15, 0.2) is 0 Å². The number of amides is 1. The van der Waals surface area contributed by atoms with Crippen molar-refractivity contribution in [3.05, 3.63) is 71.3 Å². The molecular weight excluding hydrogens is 300 g/mol. The van der Waals surface area contributed by atoms with Crippen LogP contribution in [0, 0.1) is 6.92 Å². The number of aliphatic hydroxyl groups excluding tert-OH is 1. The van der Waals surface area contributed by atoms with Crippen molar-refractivity contribution in [2.75, 3.05) is 13.1 Å². The van der Waals surface area contributed by atoms with Gasteiger partial charge in [-0.3, -0.25) is 9.69 Å². The van der Waals surface area contributed by atoms with E-state index in [1.165, 1.54) is 5.56 Å². The number of nitrogens with one attached hydrogen (secondary N) is 1. The minimum atomic E-state index is -0.325. The van der Waals surface area contributed by atoms with E-state index < -0.39 is 0 Å². The third-order valence-corrected chi connectivity index (χ3v) is 4.62. The number of hydrogen-bond acceptors (Lipinski definition) is 3. The van der Waals surface area contributed by atoms with Crippen molar-refractivity contribution in [1.29, 1.82) is 0 Å². The van der Waals surface area contributed by atoms with Gasteiger partial charge in [-0.2, -0.15) is 0 Å². The summed E-state index contributed by atoms with van der Waals surface area (Å²) in [7, 11) is 0. The van der Waals surface area contributed by atoms with Crippen LogP contribution in [0.2, 0.25) is 0 Å². The number of rotatable bonds is 5. The van der Waals surface area contributed by atoms with Crippen molar-refractivity contribution in [1.82, 2.24) is 10.2 Å². The molecule has 24 heavy (non-hydrogen) atoms. The van der Waals surface area contributed by atoms with Gasteiger partial charge in [0.05, 0.1) is 6.10 Å². The molecule has 0 spiro atoms. The summed E-state index contributed by atoms with van der Waals surface area (Å²) in [6.45, 7) is 3.94. The Labute approximate surface area is 143 Å². The lowest BCUT2D eigenvalue weighted by atomic mass is 10.1. The molecule has 1 saturated heterocycles. The van der Waals surface area contributed by atoms with Crippen LogP contribution in [0.3, 0.4) is 0 Å². The number of carbonyl (C=O) groups is 1. The van der Waals surface area contributed by atoms with Gasteiger partial charge in [0.1, 0.15) is 0 Å². The van der Waals surface area contributed by atoms with Crippen LogP contribution in [-0.2, 0) is 6.54 Å². The number of nitrogens with zero attached hydrogens (tertiary/aromatic N) is 1. The second-order valence-electron chi connectivity index (χ2n) is 6.48. The maximum Gasteiger partial charge on any atom is 0.251 e. The quantitative estimate of drug-likeness (QED) is 0.888. The van der Waals surface area contributed by atoms with Crippen molar-refractivity contribution >= 4 is 5.91 Å². The van der Waals surface area contributed by atoms with E-state index in [4.69, 9.17) is 0 Å². The maximum atomic E-state index is 12.4. The summed E-state index contributed by atoms with van der Waals surface area (Å²) in [5.74, 6) is -0.0471. The highest BCUT2D eigenvalue weighted by atomic mass is 16.3. The standard InChI is InChI=1S/C20H24N2O2/c1-15-7-5-6-10-19(15)20(24)21-12-17-11-18(23)14-22(17)13-16-8-3-2-4-9-16/h2-10,17-18,23H,11-14H2,1H3,(H,21,24). The minimum absolute atomic E-state index is 0.0471. The molecule has 0 aliphatic carbocycles. The Bertz CT molecular complexity index is 687. The van der Waals surface area contributed by atoms with Crippen LogP contribution in [0.4, 0.5) is 0 Å². The van der Waals surface area contributed by atoms with Crippen LogP contribution in [0.25, 0.3) is 0 Å². The Balaban J connectivity index is 1.60. The molecule has 2 N–H and O–H groups in total. The SMILES string of the molecule is Cc1ccccc1C(=O)NCC1CC(O)CN1Cc1ccccc1. The van der Waals surface area contributed by atoms with Gasteiger partial charge in [-0.15, -0.1) is 0 Å². The number of benzene rings is 2. The van der Waals surface area contributed by atoms with Gasteiger partial charge in [0, 0.05) is 31.2 Å². The Morgan fingerprint density at radius 2 is 1.88 bits per heavy atom. The van der Waals surface area contributed by atoms with Crippen LogP contribution in [-0.4, -0.2) is 41.1 Å². The van der Waals surface area contributed by atoms with E-state index in [1.54, 1.807) is 0 Å². The average Bonchev–Trinajstić information content (AvgIpc) is 2.93. The second kappa shape index (κ2) is 7.60. The van der Waals surface area contributed by atoms with Gasteiger partial charge < -0.3 is 10.4 Å². The molecule has 0 bridgehead atoms. The molecule has 3 rings (SSSR count). The topological polar surface area (TPSA) is 52.6 Å². The molecule has 1 aliphatic rings. The lowest BCUT2D eigenvalue weighted by Gasteiger charge is -2.24. The molecule has 0 aromatic heterocycles. The minimum Gasteiger partial charge on any atom is -0.392 e. The van der Waals surface area contributed by atoms with E-state index >= 15 is 0 Å². The van der Waals surface area contributed by atoms with Crippen molar-refractivity contribution in [2.24, 2.45) is 0 Å². The zero-order chi connectivity index (χ0) is 16.9. The van der Waals surface area contributed by atoms with Gasteiger partial charge in [-0.1, -0.05) is 48.5 Å². The molecule has 2 unspecified atom stereocenters. The van der Waals surface area contributed by atoms with E-state index in [2.05, 4.69) is 22.3 Å². The number of carbonyl (C=O) groups excluding carboxylic acids is 1. The highest BCUT2D eigenvalue weighted by Gasteiger charge is 2.31. The molecular formula is C20H24N2O2. The van der Waals surface area contributed by atoms with Crippen molar-refractivity contribution in [3.63, 3.8) is 0 Å². The summed E-state index contributed by atoms with van der Waals surface area (Å²) < 4.78 is 0. The molecule has 1 heterocycles. The first-order valence-corrected chi connectivity index (χ1v) is 8.43. The van der Waals surface area contributed by atoms with Gasteiger partial charge in [0.25, 0.3) is 5.91 Å². The second-order valence-corrected chi connectivity index (χ2v) is 6.48. The Kier molecular flexibility index (Phi) is 5.28. The molecule has 1 aliphatic heterocycles. The normalized spacial score (nSPS) is 20.9. The van der Waals surface area contributed by atoms with E-state index in [9.17, 15) is 9.90 Å². The van der Waals surface area contributed by atoms with Crippen LogP contribution in [0.5, 0.6) is 0 Å². The monoisotopic (exact) mass is 324 g/mol. The maximum absolute atomic E-state index is 12.4. The van der Waals surface area contributed by atoms with Crippen LogP contribution < -0.4 is 5.32 Å². The van der Waals surface area contributed by atoms with Gasteiger partial charge in [-0.25, -0.2) is 0 Å². The fourth-order valence-electron chi connectivity index (χ4n) is 3.31. The smallest absolute Gasteiger partial charge is 0.251 e. The van der Waals surface area contributed by atoms with E-state index in [0.717, 1.165) is 12.1 Å². The van der Waals surface area contributed by atoms with Crippen LogP contribution in [0.15, 0.2) is 54.6 Å². The van der Waals surface area contributed by atoms with Crippen molar-refractivity contribution < 1.29 is 9.90 Å². The van der Waals surface area contributed by atoms with E-state index in [0.29, 0.717) is 25.1 Å². The fraction of sp³-hybridized carbons (Fsp3) is 0.350. The first kappa shape index (κ1) is 16.7. The van der Waals surface area contributed by atoms with Gasteiger partial charge in [0.2, 0.25) is 0 Å². The number of likely N-dealkylation sites (tertiary alicyclic amines) is 1. The number of aliphatic hydroxyl groups is 1. The summed E-state index contributed by atoms with van der Waals surface area (Å²) in [6.07, 6.45) is 0.370. The third kappa shape index (κ3) is 4.02. The van der Waals surface area contributed by atoms with E-state index in [1.807, 2.05) is 49.4 Å². The van der Waals surface area contributed by atoms with Crippen molar-refractivity contribution in [3.8, 4) is 0 Å². The van der Waals surface area contributed by atoms with Crippen molar-refractivity contribution in [2.45, 2.75) is 32.0 Å². The lowest BCUT2D eigenvalue weighted by molar-refractivity contribution is 0.0939. The Morgan fingerprint density at radius 1 is 1.17 bits per heavy atom. The molecule has 4 nitrogen and oxygen atoms in total. The number of aryl methyl sites for hydroxylation is 1. The first-order valence-electron chi connectivity index (χ1n) is 8.43. The fourth-order valence-corrected chi connectivity index (χ4v) is 3.31. The Morgan fingerprint density at radius 3 is 2.62 bits per heavy atom. The predicted octanol–water partition coefficient (Wildman–Crippen LogP) is 2.36. The summed E-state index contributed by atoms with van der Waals surface area (Å²) in [5, 5.41) is 13.0. The highest BCUT2D eigenvalue weighted by Crippen LogP contribution is 2.20. The summed E-state index contributed by atoms with van der Waals surface area (Å²) >= 11 is 0. The van der Waals surface area contributed by atoms with Gasteiger partial charge in [-0.05, 0) is 30.5 Å². The first-order chi connectivity index (χ1) is 11.6. The molecule has 2 aromatic rings. The largest absolute Gasteiger partial charge is 0.392 e. The molecule has 0 saturated carbocycles. The molecule has 1 amide bonds. The zero-order valence-electron chi connectivity index (χ0n) is 14.0. The Hall–Kier alpha value is -2.17. The molecule has 0 radical (unpaired) electrons.